The normalized spacial score (nSPS) is 11.9. The van der Waals surface area contributed by atoms with Gasteiger partial charge in [-0.3, -0.25) is 13.7 Å². The standard InChI is InChI=1S/C24H19ClN6O/c1-13-4-6-15-16(12-27-17(15)10-13)23-28-21-19(8-9-26-22(21)25)31(23)14-5-7-18-20(11-14)30(3)24(32)29(18)2/h4-12,27H,1-3H3. The lowest BCUT2D eigenvalue weighted by Gasteiger charge is -2.10. The molecule has 0 aliphatic heterocycles. The number of aryl methyl sites for hydroxylation is 3. The van der Waals surface area contributed by atoms with Gasteiger partial charge < -0.3 is 4.98 Å². The smallest absolute Gasteiger partial charge is 0.328 e. The second kappa shape index (κ2) is 6.58. The highest BCUT2D eigenvalue weighted by Gasteiger charge is 2.20. The third-order valence-corrected chi connectivity index (χ3v) is 6.40. The first-order valence-corrected chi connectivity index (χ1v) is 10.6. The van der Waals surface area contributed by atoms with Crippen molar-refractivity contribution in [2.24, 2.45) is 14.1 Å². The maximum atomic E-state index is 12.4. The van der Waals surface area contributed by atoms with Crippen molar-refractivity contribution in [1.29, 1.82) is 0 Å². The Hall–Kier alpha value is -3.84. The maximum Gasteiger partial charge on any atom is 0.328 e. The minimum Gasteiger partial charge on any atom is -0.360 e. The molecule has 158 valence electrons. The molecular weight excluding hydrogens is 424 g/mol. The van der Waals surface area contributed by atoms with E-state index < -0.39 is 0 Å². The lowest BCUT2D eigenvalue weighted by molar-refractivity contribution is 0.795. The van der Waals surface area contributed by atoms with E-state index in [4.69, 9.17) is 16.6 Å². The molecule has 6 rings (SSSR count). The van der Waals surface area contributed by atoms with Crippen molar-refractivity contribution in [3.63, 3.8) is 0 Å². The van der Waals surface area contributed by atoms with Crippen molar-refractivity contribution in [3.8, 4) is 17.1 Å². The van der Waals surface area contributed by atoms with E-state index in [1.54, 1.807) is 29.4 Å². The Labute approximate surface area is 187 Å². The molecule has 0 atom stereocenters. The Morgan fingerprint density at radius 1 is 0.969 bits per heavy atom. The Balaban J connectivity index is 1.71. The summed E-state index contributed by atoms with van der Waals surface area (Å²) in [6, 6.07) is 14.2. The summed E-state index contributed by atoms with van der Waals surface area (Å²) in [5.74, 6) is 0.755. The van der Waals surface area contributed by atoms with Gasteiger partial charge in [-0.2, -0.15) is 0 Å². The summed E-state index contributed by atoms with van der Waals surface area (Å²) >= 11 is 6.43. The summed E-state index contributed by atoms with van der Waals surface area (Å²) in [7, 11) is 3.56. The molecule has 32 heavy (non-hydrogen) atoms. The zero-order valence-electron chi connectivity index (χ0n) is 17.7. The zero-order valence-corrected chi connectivity index (χ0v) is 18.5. The van der Waals surface area contributed by atoms with Gasteiger partial charge in [0.25, 0.3) is 0 Å². The van der Waals surface area contributed by atoms with E-state index in [0.717, 1.165) is 44.5 Å². The highest BCUT2D eigenvalue weighted by atomic mass is 35.5. The van der Waals surface area contributed by atoms with E-state index in [0.29, 0.717) is 10.7 Å². The van der Waals surface area contributed by atoms with E-state index in [1.807, 2.05) is 30.5 Å². The highest BCUT2D eigenvalue weighted by Crippen LogP contribution is 2.35. The molecule has 0 aliphatic carbocycles. The topological polar surface area (TPSA) is 73.4 Å². The first-order valence-electron chi connectivity index (χ1n) is 10.2. The summed E-state index contributed by atoms with van der Waals surface area (Å²) < 4.78 is 5.37. The summed E-state index contributed by atoms with van der Waals surface area (Å²) in [5.41, 5.74) is 7.22. The Morgan fingerprint density at radius 3 is 2.62 bits per heavy atom. The monoisotopic (exact) mass is 442 g/mol. The molecule has 7 nitrogen and oxygen atoms in total. The van der Waals surface area contributed by atoms with Crippen LogP contribution in [0.5, 0.6) is 0 Å². The molecule has 4 aromatic heterocycles. The molecule has 6 aromatic rings. The molecule has 0 bridgehead atoms. The van der Waals surface area contributed by atoms with Crippen LogP contribution < -0.4 is 5.69 Å². The van der Waals surface area contributed by atoms with Crippen molar-refractivity contribution in [1.82, 2.24) is 28.7 Å². The van der Waals surface area contributed by atoms with Crippen LogP contribution >= 0.6 is 11.6 Å². The van der Waals surface area contributed by atoms with E-state index in [-0.39, 0.29) is 5.69 Å². The molecule has 4 heterocycles. The van der Waals surface area contributed by atoms with Gasteiger partial charge in [0.2, 0.25) is 0 Å². The van der Waals surface area contributed by atoms with E-state index >= 15 is 0 Å². The fourth-order valence-corrected chi connectivity index (χ4v) is 4.67. The van der Waals surface area contributed by atoms with Crippen LogP contribution in [0.3, 0.4) is 0 Å². The number of rotatable bonds is 2. The van der Waals surface area contributed by atoms with Gasteiger partial charge in [-0.25, -0.2) is 14.8 Å². The number of hydrogen-bond acceptors (Lipinski definition) is 3. The zero-order chi connectivity index (χ0) is 22.1. The maximum absolute atomic E-state index is 12.4. The molecule has 0 saturated carbocycles. The van der Waals surface area contributed by atoms with Crippen molar-refractivity contribution < 1.29 is 0 Å². The number of fused-ring (bicyclic) bond motifs is 3. The largest absolute Gasteiger partial charge is 0.360 e. The molecule has 0 unspecified atom stereocenters. The Kier molecular flexibility index (Phi) is 3.88. The molecule has 0 amide bonds. The minimum absolute atomic E-state index is 0.0629. The number of hydrogen-bond donors (Lipinski definition) is 1. The van der Waals surface area contributed by atoms with Crippen LogP contribution in [-0.4, -0.2) is 28.7 Å². The summed E-state index contributed by atoms with van der Waals surface area (Å²) in [6.45, 7) is 2.07. The van der Waals surface area contributed by atoms with E-state index in [1.165, 1.54) is 5.56 Å². The van der Waals surface area contributed by atoms with Crippen LogP contribution in [0.25, 0.3) is 50.0 Å². The minimum atomic E-state index is -0.0629. The van der Waals surface area contributed by atoms with Gasteiger partial charge in [0.1, 0.15) is 11.3 Å². The van der Waals surface area contributed by atoms with Crippen LogP contribution in [0.15, 0.2) is 59.7 Å². The number of halogens is 1. The van der Waals surface area contributed by atoms with E-state index in [9.17, 15) is 4.79 Å². The number of aromatic amines is 1. The highest BCUT2D eigenvalue weighted by molar-refractivity contribution is 6.33. The molecule has 0 spiro atoms. The lowest BCUT2D eigenvalue weighted by Crippen LogP contribution is -2.19. The van der Waals surface area contributed by atoms with Crippen LogP contribution in [0.4, 0.5) is 0 Å². The second-order valence-electron chi connectivity index (χ2n) is 8.07. The number of pyridine rings is 1. The average Bonchev–Trinajstić information content (AvgIpc) is 3.44. The average molecular weight is 443 g/mol. The summed E-state index contributed by atoms with van der Waals surface area (Å²) in [4.78, 5) is 24.9. The van der Waals surface area contributed by atoms with Gasteiger partial charge in [-0.15, -0.1) is 0 Å². The predicted molar refractivity (Wildman–Crippen MR) is 128 cm³/mol. The van der Waals surface area contributed by atoms with Crippen molar-refractivity contribution >= 4 is 44.6 Å². The van der Waals surface area contributed by atoms with Gasteiger partial charge in [-0.05, 0) is 42.8 Å². The van der Waals surface area contributed by atoms with Crippen LogP contribution in [0, 0.1) is 6.92 Å². The fraction of sp³-hybridized carbons (Fsp3) is 0.125. The molecule has 1 N–H and O–H groups in total. The van der Waals surface area contributed by atoms with Crippen molar-refractivity contribution in [2.45, 2.75) is 6.92 Å². The quantitative estimate of drug-likeness (QED) is 0.394. The molecule has 0 aliphatic rings. The van der Waals surface area contributed by atoms with Crippen molar-refractivity contribution in [2.75, 3.05) is 0 Å². The van der Waals surface area contributed by atoms with Crippen LogP contribution in [0.2, 0.25) is 5.15 Å². The number of nitrogens with one attached hydrogen (secondary N) is 1. The molecule has 0 radical (unpaired) electrons. The number of aromatic nitrogens is 6. The lowest BCUT2D eigenvalue weighted by atomic mass is 10.1. The molecule has 0 fully saturated rings. The number of imidazole rings is 2. The third-order valence-electron chi connectivity index (χ3n) is 6.12. The first-order chi connectivity index (χ1) is 15.4. The molecule has 8 heteroatoms. The van der Waals surface area contributed by atoms with Gasteiger partial charge in [-0.1, -0.05) is 23.7 Å². The summed E-state index contributed by atoms with van der Waals surface area (Å²) in [6.07, 6.45) is 3.65. The molecule has 0 saturated heterocycles. The second-order valence-corrected chi connectivity index (χ2v) is 8.42. The fourth-order valence-electron chi connectivity index (χ4n) is 4.47. The van der Waals surface area contributed by atoms with Gasteiger partial charge in [0, 0.05) is 48.6 Å². The SMILES string of the molecule is Cc1ccc2c(-c3nc4c(Cl)nccc4n3-c3ccc4c(c3)n(C)c(=O)n4C)c[nH]c2c1. The Bertz CT molecular complexity index is 1750. The number of benzene rings is 2. The van der Waals surface area contributed by atoms with Crippen molar-refractivity contribution in [3.05, 3.63) is 76.1 Å². The third kappa shape index (κ3) is 2.51. The van der Waals surface area contributed by atoms with Gasteiger partial charge >= 0.3 is 5.69 Å². The van der Waals surface area contributed by atoms with Crippen LogP contribution in [-0.2, 0) is 14.1 Å². The summed E-state index contributed by atoms with van der Waals surface area (Å²) in [5, 5.41) is 1.43. The van der Waals surface area contributed by atoms with Gasteiger partial charge in [0.15, 0.2) is 5.15 Å². The number of nitrogens with zero attached hydrogens (tertiary/aromatic N) is 5. The predicted octanol–water partition coefficient (Wildman–Crippen LogP) is 4.72. The van der Waals surface area contributed by atoms with E-state index in [2.05, 4.69) is 39.7 Å². The van der Waals surface area contributed by atoms with Gasteiger partial charge in [0.05, 0.1) is 16.6 Å². The first kappa shape index (κ1) is 18.9. The van der Waals surface area contributed by atoms with Crippen LogP contribution in [0.1, 0.15) is 5.56 Å². The molecule has 2 aromatic carbocycles. The number of H-pyrrole nitrogens is 1. The molecular formula is C24H19ClN6O. The Morgan fingerprint density at radius 2 is 1.78 bits per heavy atom.